The Kier molecular flexibility index (Phi) is 3.81. The summed E-state index contributed by atoms with van der Waals surface area (Å²) in [6.07, 6.45) is 0. The number of halogens is 1. The molecule has 4 heteroatoms. The molecule has 19 heavy (non-hydrogen) atoms. The van der Waals surface area contributed by atoms with Crippen LogP contribution >= 0.6 is 12.2 Å². The van der Waals surface area contributed by atoms with Gasteiger partial charge in [0.1, 0.15) is 10.8 Å². The number of thiocarbonyl (C=S) groups is 1. The van der Waals surface area contributed by atoms with Gasteiger partial charge in [0.15, 0.2) is 0 Å². The molecular formula is C15H15FN2S. The molecule has 2 aromatic carbocycles. The van der Waals surface area contributed by atoms with Gasteiger partial charge in [-0.15, -0.1) is 0 Å². The number of nitrogens with one attached hydrogen (secondary N) is 1. The lowest BCUT2D eigenvalue weighted by molar-refractivity contribution is 0.628. The lowest BCUT2D eigenvalue weighted by Crippen LogP contribution is -2.12. The third kappa shape index (κ3) is 3.09. The predicted molar refractivity (Wildman–Crippen MR) is 81.5 cm³/mol. The van der Waals surface area contributed by atoms with E-state index in [1.807, 2.05) is 32.0 Å². The molecule has 3 N–H and O–H groups in total. The summed E-state index contributed by atoms with van der Waals surface area (Å²) < 4.78 is 13.3. The van der Waals surface area contributed by atoms with Crippen molar-refractivity contribution in [3.8, 4) is 0 Å². The molecule has 2 nitrogen and oxygen atoms in total. The molecule has 0 unspecified atom stereocenters. The number of anilines is 2. The predicted octanol–water partition coefficient (Wildman–Crippen LogP) is 3.82. The summed E-state index contributed by atoms with van der Waals surface area (Å²) in [5, 5.41) is 3.18. The maximum absolute atomic E-state index is 13.3. The average molecular weight is 274 g/mol. The molecular weight excluding hydrogens is 259 g/mol. The molecule has 0 saturated carbocycles. The van der Waals surface area contributed by atoms with Crippen molar-refractivity contribution in [2.24, 2.45) is 5.73 Å². The summed E-state index contributed by atoms with van der Waals surface area (Å²) >= 11 is 5.05. The van der Waals surface area contributed by atoms with Crippen LogP contribution in [0.15, 0.2) is 36.4 Å². The van der Waals surface area contributed by atoms with Crippen molar-refractivity contribution in [2.45, 2.75) is 13.8 Å². The maximum Gasteiger partial charge on any atom is 0.125 e. The Labute approximate surface area is 117 Å². The molecule has 0 aromatic heterocycles. The third-order valence-electron chi connectivity index (χ3n) is 2.91. The third-order valence-corrected chi connectivity index (χ3v) is 3.13. The fourth-order valence-electron chi connectivity index (χ4n) is 1.84. The van der Waals surface area contributed by atoms with E-state index < -0.39 is 0 Å². The minimum absolute atomic E-state index is 0.280. The fraction of sp³-hybridized carbons (Fsp3) is 0.133. The van der Waals surface area contributed by atoms with Gasteiger partial charge < -0.3 is 11.1 Å². The Hall–Kier alpha value is -1.94. The van der Waals surface area contributed by atoms with E-state index in [2.05, 4.69) is 5.32 Å². The molecule has 0 aliphatic heterocycles. The zero-order chi connectivity index (χ0) is 14.0. The largest absolute Gasteiger partial charge is 0.389 e. The second-order valence-electron chi connectivity index (χ2n) is 4.50. The van der Waals surface area contributed by atoms with Gasteiger partial charge in [-0.3, -0.25) is 0 Å². The SMILES string of the molecule is Cc1ccc(Nc2cc(F)ccc2C)c(C(N)=S)c1. The molecule has 98 valence electrons. The van der Waals surface area contributed by atoms with E-state index >= 15 is 0 Å². The van der Waals surface area contributed by atoms with Gasteiger partial charge in [0.25, 0.3) is 0 Å². The summed E-state index contributed by atoms with van der Waals surface area (Å²) in [6, 6.07) is 10.4. The average Bonchev–Trinajstić information content (AvgIpc) is 2.35. The smallest absolute Gasteiger partial charge is 0.125 e. The summed E-state index contributed by atoms with van der Waals surface area (Å²) in [5.41, 5.74) is 10.0. The topological polar surface area (TPSA) is 38.0 Å². The van der Waals surface area contributed by atoms with Crippen LogP contribution in [0.5, 0.6) is 0 Å². The quantitative estimate of drug-likeness (QED) is 0.836. The summed E-state index contributed by atoms with van der Waals surface area (Å²) in [7, 11) is 0. The monoisotopic (exact) mass is 274 g/mol. The maximum atomic E-state index is 13.3. The summed E-state index contributed by atoms with van der Waals surface area (Å²) in [4.78, 5) is 0.320. The van der Waals surface area contributed by atoms with Crippen molar-refractivity contribution < 1.29 is 4.39 Å². The summed E-state index contributed by atoms with van der Waals surface area (Å²) in [5.74, 6) is -0.280. The van der Waals surface area contributed by atoms with Crippen molar-refractivity contribution in [3.05, 3.63) is 58.9 Å². The first-order valence-electron chi connectivity index (χ1n) is 5.91. The van der Waals surface area contributed by atoms with Crippen LogP contribution in [0.4, 0.5) is 15.8 Å². The van der Waals surface area contributed by atoms with Gasteiger partial charge in [-0.1, -0.05) is 29.9 Å². The lowest BCUT2D eigenvalue weighted by atomic mass is 10.1. The van der Waals surface area contributed by atoms with E-state index in [9.17, 15) is 4.39 Å². The molecule has 2 aromatic rings. The van der Waals surface area contributed by atoms with Gasteiger partial charge in [-0.25, -0.2) is 4.39 Å². The summed E-state index contributed by atoms with van der Waals surface area (Å²) in [6.45, 7) is 3.88. The van der Waals surface area contributed by atoms with Crippen molar-refractivity contribution in [3.63, 3.8) is 0 Å². The first kappa shape index (κ1) is 13.5. The number of hydrogen-bond donors (Lipinski definition) is 2. The molecule has 0 heterocycles. The van der Waals surface area contributed by atoms with Crippen LogP contribution in [-0.4, -0.2) is 4.99 Å². The van der Waals surface area contributed by atoms with Crippen molar-refractivity contribution in [2.75, 3.05) is 5.32 Å². The van der Waals surface area contributed by atoms with Crippen LogP contribution in [0.3, 0.4) is 0 Å². The molecule has 0 amide bonds. The van der Waals surface area contributed by atoms with E-state index in [0.717, 1.165) is 22.4 Å². The minimum Gasteiger partial charge on any atom is -0.389 e. The van der Waals surface area contributed by atoms with E-state index in [1.165, 1.54) is 12.1 Å². The zero-order valence-electron chi connectivity index (χ0n) is 10.8. The zero-order valence-corrected chi connectivity index (χ0v) is 11.6. The Morgan fingerprint density at radius 1 is 1.11 bits per heavy atom. The molecule has 0 spiro atoms. The van der Waals surface area contributed by atoms with Crippen LogP contribution in [0, 0.1) is 19.7 Å². The number of nitrogens with two attached hydrogens (primary N) is 1. The van der Waals surface area contributed by atoms with Crippen LogP contribution in [0.2, 0.25) is 0 Å². The molecule has 0 radical (unpaired) electrons. The highest BCUT2D eigenvalue weighted by Gasteiger charge is 2.08. The Balaban J connectivity index is 2.43. The molecule has 0 aliphatic rings. The minimum atomic E-state index is -0.280. The van der Waals surface area contributed by atoms with E-state index in [1.54, 1.807) is 6.07 Å². The van der Waals surface area contributed by atoms with Gasteiger partial charge in [-0.05, 0) is 43.7 Å². The molecule has 0 saturated heterocycles. The van der Waals surface area contributed by atoms with Crippen molar-refractivity contribution in [1.82, 2.24) is 0 Å². The van der Waals surface area contributed by atoms with Crippen LogP contribution in [0.1, 0.15) is 16.7 Å². The molecule has 2 rings (SSSR count). The number of hydrogen-bond acceptors (Lipinski definition) is 2. The Morgan fingerprint density at radius 3 is 2.53 bits per heavy atom. The first-order chi connectivity index (χ1) is 8.97. The first-order valence-corrected chi connectivity index (χ1v) is 6.32. The van der Waals surface area contributed by atoms with Gasteiger partial charge in [0.2, 0.25) is 0 Å². The molecule has 0 fully saturated rings. The standard InChI is InChI=1S/C15H15FN2S/c1-9-3-6-13(12(7-9)15(17)19)18-14-8-11(16)5-4-10(14)2/h3-8,18H,1-2H3,(H2,17,19). The van der Waals surface area contributed by atoms with Crippen molar-refractivity contribution >= 4 is 28.6 Å². The van der Waals surface area contributed by atoms with E-state index in [0.29, 0.717) is 10.7 Å². The second kappa shape index (κ2) is 5.36. The number of rotatable bonds is 3. The van der Waals surface area contributed by atoms with Gasteiger partial charge in [0.05, 0.1) is 0 Å². The lowest BCUT2D eigenvalue weighted by Gasteiger charge is -2.14. The van der Waals surface area contributed by atoms with Crippen molar-refractivity contribution in [1.29, 1.82) is 0 Å². The highest BCUT2D eigenvalue weighted by molar-refractivity contribution is 7.80. The number of aryl methyl sites for hydroxylation is 2. The van der Waals surface area contributed by atoms with E-state index in [4.69, 9.17) is 18.0 Å². The normalized spacial score (nSPS) is 10.3. The Morgan fingerprint density at radius 2 is 1.84 bits per heavy atom. The van der Waals surface area contributed by atoms with Crippen LogP contribution in [-0.2, 0) is 0 Å². The second-order valence-corrected chi connectivity index (χ2v) is 4.94. The number of benzene rings is 2. The van der Waals surface area contributed by atoms with E-state index in [-0.39, 0.29) is 5.82 Å². The van der Waals surface area contributed by atoms with Gasteiger partial charge in [-0.2, -0.15) is 0 Å². The fourth-order valence-corrected chi connectivity index (χ4v) is 2.01. The molecule has 0 bridgehead atoms. The molecule has 0 aliphatic carbocycles. The van der Waals surface area contributed by atoms with Crippen LogP contribution < -0.4 is 11.1 Å². The van der Waals surface area contributed by atoms with Gasteiger partial charge >= 0.3 is 0 Å². The molecule has 0 atom stereocenters. The van der Waals surface area contributed by atoms with Crippen LogP contribution in [0.25, 0.3) is 0 Å². The highest BCUT2D eigenvalue weighted by Crippen LogP contribution is 2.25. The Bertz CT molecular complexity index is 638. The van der Waals surface area contributed by atoms with Gasteiger partial charge in [0, 0.05) is 16.9 Å². The highest BCUT2D eigenvalue weighted by atomic mass is 32.1.